The number of hydrogen-bond donors (Lipinski definition) is 2. The summed E-state index contributed by atoms with van der Waals surface area (Å²) < 4.78 is 19.1. The Morgan fingerprint density at radius 2 is 2.04 bits per heavy atom. The molecule has 0 spiro atoms. The maximum absolute atomic E-state index is 13.3. The first-order chi connectivity index (χ1) is 13.1. The van der Waals surface area contributed by atoms with E-state index in [-0.39, 0.29) is 11.7 Å². The van der Waals surface area contributed by atoms with Gasteiger partial charge in [-0.25, -0.2) is 4.39 Å². The van der Waals surface area contributed by atoms with Gasteiger partial charge in [-0.3, -0.25) is 9.78 Å². The molecule has 2 N–H and O–H groups in total. The molecule has 134 valence electrons. The third-order valence-corrected chi connectivity index (χ3v) is 4.12. The lowest BCUT2D eigenvalue weighted by Crippen LogP contribution is -2.12. The van der Waals surface area contributed by atoms with E-state index in [1.807, 2.05) is 19.1 Å². The van der Waals surface area contributed by atoms with E-state index in [0.29, 0.717) is 33.8 Å². The number of H-pyrrole nitrogens is 1. The lowest BCUT2D eigenvalue weighted by Gasteiger charge is -2.10. The van der Waals surface area contributed by atoms with E-state index in [0.717, 1.165) is 5.56 Å². The van der Waals surface area contributed by atoms with Crippen LogP contribution in [0.3, 0.4) is 0 Å². The number of aromatic amines is 1. The number of rotatable bonds is 4. The molecular weight excluding hydrogens is 345 g/mol. The van der Waals surface area contributed by atoms with Crippen LogP contribution in [-0.4, -0.2) is 15.9 Å². The number of aromatic nitrogens is 2. The summed E-state index contributed by atoms with van der Waals surface area (Å²) in [5.41, 5.74) is 2.58. The van der Waals surface area contributed by atoms with Gasteiger partial charge in [0.25, 0.3) is 5.91 Å². The summed E-state index contributed by atoms with van der Waals surface area (Å²) in [6.07, 6.45) is 3.31. The summed E-state index contributed by atoms with van der Waals surface area (Å²) in [7, 11) is 0. The van der Waals surface area contributed by atoms with Crippen molar-refractivity contribution in [2.24, 2.45) is 0 Å². The molecule has 0 fully saturated rings. The standard InChI is InChI=1S/C21H16FN3O2/c1-13-9-16(5-7-20(13)27-17-3-2-8-23-12-17)24-21(26)19-11-14-10-15(22)4-6-18(14)25-19/h2-12,25H,1H3,(H,24,26). The lowest BCUT2D eigenvalue weighted by molar-refractivity contribution is 0.102. The van der Waals surface area contributed by atoms with E-state index in [2.05, 4.69) is 15.3 Å². The maximum atomic E-state index is 13.3. The summed E-state index contributed by atoms with van der Waals surface area (Å²) in [5.74, 6) is 0.685. The smallest absolute Gasteiger partial charge is 0.272 e. The first-order valence-electron chi connectivity index (χ1n) is 8.37. The predicted octanol–water partition coefficient (Wildman–Crippen LogP) is 5.06. The average Bonchev–Trinajstić information content (AvgIpc) is 3.08. The van der Waals surface area contributed by atoms with Crippen LogP contribution in [0.25, 0.3) is 10.9 Å². The zero-order valence-electron chi connectivity index (χ0n) is 14.5. The van der Waals surface area contributed by atoms with Gasteiger partial charge in [-0.05, 0) is 67.1 Å². The van der Waals surface area contributed by atoms with Gasteiger partial charge in [0, 0.05) is 22.8 Å². The monoisotopic (exact) mass is 361 g/mol. The molecule has 0 bridgehead atoms. The van der Waals surface area contributed by atoms with Gasteiger partial charge in [0.15, 0.2) is 0 Å². The first-order valence-corrected chi connectivity index (χ1v) is 8.37. The molecule has 4 rings (SSSR count). The minimum absolute atomic E-state index is 0.299. The quantitative estimate of drug-likeness (QED) is 0.534. The van der Waals surface area contributed by atoms with Crippen molar-refractivity contribution in [3.05, 3.63) is 84.1 Å². The van der Waals surface area contributed by atoms with Gasteiger partial charge < -0.3 is 15.0 Å². The highest BCUT2D eigenvalue weighted by Crippen LogP contribution is 2.27. The average molecular weight is 361 g/mol. The number of nitrogens with one attached hydrogen (secondary N) is 2. The Morgan fingerprint density at radius 1 is 1.15 bits per heavy atom. The molecule has 0 saturated heterocycles. The largest absolute Gasteiger partial charge is 0.455 e. The molecule has 27 heavy (non-hydrogen) atoms. The van der Waals surface area contributed by atoms with Crippen LogP contribution in [0.4, 0.5) is 10.1 Å². The van der Waals surface area contributed by atoms with Crippen LogP contribution in [0, 0.1) is 12.7 Å². The molecule has 5 nitrogen and oxygen atoms in total. The van der Waals surface area contributed by atoms with Crippen molar-refractivity contribution in [3.8, 4) is 11.5 Å². The molecule has 1 amide bonds. The van der Waals surface area contributed by atoms with E-state index in [9.17, 15) is 9.18 Å². The molecule has 0 saturated carbocycles. The molecule has 2 aromatic heterocycles. The topological polar surface area (TPSA) is 67.0 Å². The minimum Gasteiger partial charge on any atom is -0.455 e. The summed E-state index contributed by atoms with van der Waals surface area (Å²) in [4.78, 5) is 19.5. The van der Waals surface area contributed by atoms with Crippen molar-refractivity contribution in [2.45, 2.75) is 6.92 Å². The highest BCUT2D eigenvalue weighted by atomic mass is 19.1. The molecule has 0 atom stereocenters. The molecule has 0 aliphatic carbocycles. The van der Waals surface area contributed by atoms with Gasteiger partial charge in [-0.1, -0.05) is 0 Å². The number of carbonyl (C=O) groups is 1. The van der Waals surface area contributed by atoms with Crippen molar-refractivity contribution in [2.75, 3.05) is 5.32 Å². The Hall–Kier alpha value is -3.67. The number of carbonyl (C=O) groups excluding carboxylic acids is 1. The number of amides is 1. The molecule has 2 heterocycles. The number of hydrogen-bond acceptors (Lipinski definition) is 3. The first kappa shape index (κ1) is 16.8. The zero-order chi connectivity index (χ0) is 18.8. The molecule has 2 aromatic carbocycles. The maximum Gasteiger partial charge on any atom is 0.272 e. The number of halogens is 1. The van der Waals surface area contributed by atoms with Gasteiger partial charge in [0.2, 0.25) is 0 Å². The van der Waals surface area contributed by atoms with Crippen molar-refractivity contribution >= 4 is 22.5 Å². The Labute approximate surface area is 154 Å². The second kappa shape index (κ2) is 6.92. The number of ether oxygens (including phenoxy) is 1. The van der Waals surface area contributed by atoms with Crippen LogP contribution in [0.1, 0.15) is 16.1 Å². The highest BCUT2D eigenvalue weighted by molar-refractivity contribution is 6.06. The van der Waals surface area contributed by atoms with E-state index >= 15 is 0 Å². The zero-order valence-corrected chi connectivity index (χ0v) is 14.5. The van der Waals surface area contributed by atoms with Crippen LogP contribution in [0.15, 0.2) is 67.0 Å². The molecule has 0 aliphatic heterocycles. The fourth-order valence-electron chi connectivity index (χ4n) is 2.80. The molecule has 6 heteroatoms. The van der Waals surface area contributed by atoms with Gasteiger partial charge >= 0.3 is 0 Å². The third kappa shape index (κ3) is 3.64. The lowest BCUT2D eigenvalue weighted by atomic mass is 10.2. The van der Waals surface area contributed by atoms with E-state index in [1.54, 1.807) is 42.7 Å². The van der Waals surface area contributed by atoms with Crippen LogP contribution in [-0.2, 0) is 0 Å². The third-order valence-electron chi connectivity index (χ3n) is 4.12. The fourth-order valence-corrected chi connectivity index (χ4v) is 2.80. The Bertz CT molecular complexity index is 1120. The number of pyridine rings is 1. The Morgan fingerprint density at radius 3 is 2.81 bits per heavy atom. The molecule has 0 aliphatic rings. The number of benzene rings is 2. The summed E-state index contributed by atoms with van der Waals surface area (Å²) in [6.45, 7) is 1.90. The number of aryl methyl sites for hydroxylation is 1. The normalized spacial score (nSPS) is 10.7. The highest BCUT2D eigenvalue weighted by Gasteiger charge is 2.11. The minimum atomic E-state index is -0.340. The van der Waals surface area contributed by atoms with Crippen LogP contribution < -0.4 is 10.1 Å². The summed E-state index contributed by atoms with van der Waals surface area (Å²) in [6, 6.07) is 15.0. The molecule has 0 unspecified atom stereocenters. The van der Waals surface area contributed by atoms with E-state index in [4.69, 9.17) is 4.74 Å². The second-order valence-electron chi connectivity index (χ2n) is 6.14. The van der Waals surface area contributed by atoms with Crippen molar-refractivity contribution < 1.29 is 13.9 Å². The van der Waals surface area contributed by atoms with Gasteiger partial charge in [0.05, 0.1) is 6.20 Å². The molecule has 0 radical (unpaired) electrons. The van der Waals surface area contributed by atoms with Crippen LogP contribution in [0.5, 0.6) is 11.5 Å². The molecular formula is C21H16FN3O2. The van der Waals surface area contributed by atoms with E-state index < -0.39 is 0 Å². The predicted molar refractivity (Wildman–Crippen MR) is 102 cm³/mol. The van der Waals surface area contributed by atoms with Crippen molar-refractivity contribution in [3.63, 3.8) is 0 Å². The Balaban J connectivity index is 1.51. The molecule has 4 aromatic rings. The second-order valence-corrected chi connectivity index (χ2v) is 6.14. The van der Waals surface area contributed by atoms with E-state index in [1.165, 1.54) is 12.1 Å². The van der Waals surface area contributed by atoms with Gasteiger partial charge in [-0.15, -0.1) is 0 Å². The SMILES string of the molecule is Cc1cc(NC(=O)c2cc3cc(F)ccc3[nH]2)ccc1Oc1cccnc1. The summed E-state index contributed by atoms with van der Waals surface area (Å²) in [5, 5.41) is 3.48. The van der Waals surface area contributed by atoms with Crippen LogP contribution in [0.2, 0.25) is 0 Å². The van der Waals surface area contributed by atoms with Gasteiger partial charge in [-0.2, -0.15) is 0 Å². The van der Waals surface area contributed by atoms with Crippen LogP contribution >= 0.6 is 0 Å². The van der Waals surface area contributed by atoms with Gasteiger partial charge in [0.1, 0.15) is 23.0 Å². The fraction of sp³-hybridized carbons (Fsp3) is 0.0476. The summed E-state index contributed by atoms with van der Waals surface area (Å²) >= 11 is 0. The van der Waals surface area contributed by atoms with Crippen molar-refractivity contribution in [1.29, 1.82) is 0 Å². The Kier molecular flexibility index (Phi) is 4.30. The number of nitrogens with zero attached hydrogens (tertiary/aromatic N) is 1. The number of fused-ring (bicyclic) bond motifs is 1. The number of anilines is 1. The van der Waals surface area contributed by atoms with Crippen molar-refractivity contribution in [1.82, 2.24) is 9.97 Å².